The van der Waals surface area contributed by atoms with Gasteiger partial charge in [-0.1, -0.05) is 41.4 Å². The fourth-order valence-electron chi connectivity index (χ4n) is 3.40. The molecule has 1 fully saturated rings. The van der Waals surface area contributed by atoms with Crippen LogP contribution in [0.1, 0.15) is 20.0 Å². The number of benzene rings is 2. The molecule has 31 heavy (non-hydrogen) atoms. The summed E-state index contributed by atoms with van der Waals surface area (Å²) < 4.78 is 6.17. The van der Waals surface area contributed by atoms with E-state index >= 15 is 0 Å². The number of fused-ring (bicyclic) bond motifs is 1. The number of para-hydroxylation sites is 1. The van der Waals surface area contributed by atoms with Crippen LogP contribution < -0.4 is 10.6 Å². The Bertz CT molecular complexity index is 1110. The summed E-state index contributed by atoms with van der Waals surface area (Å²) in [5, 5.41) is 7.49. The first-order chi connectivity index (χ1) is 15.0. The summed E-state index contributed by atoms with van der Waals surface area (Å²) in [5.41, 5.74) is 0.834. The Morgan fingerprint density at radius 3 is 2.65 bits per heavy atom. The van der Waals surface area contributed by atoms with Crippen molar-refractivity contribution in [1.82, 2.24) is 10.2 Å². The second-order valence-electron chi connectivity index (χ2n) is 7.10. The average Bonchev–Trinajstić information content (AvgIpc) is 3.10. The normalized spacial score (nSPS) is 14.5. The number of amides is 2. The van der Waals surface area contributed by atoms with Crippen LogP contribution in [0.2, 0.25) is 10.0 Å². The smallest absolute Gasteiger partial charge is 0.267 e. The van der Waals surface area contributed by atoms with E-state index in [2.05, 4.69) is 15.5 Å². The third-order valence-electron chi connectivity index (χ3n) is 5.03. The number of ether oxygens (including phenoxy) is 1. The molecule has 1 aliphatic heterocycles. The van der Waals surface area contributed by atoms with Crippen LogP contribution in [-0.4, -0.2) is 56.1 Å². The minimum atomic E-state index is -0.365. The average molecular weight is 478 g/mol. The number of morpholine rings is 1. The molecule has 0 aliphatic carbocycles. The number of anilines is 1. The van der Waals surface area contributed by atoms with Crippen molar-refractivity contribution in [1.29, 1.82) is 0 Å². The van der Waals surface area contributed by atoms with E-state index in [4.69, 9.17) is 27.9 Å². The van der Waals surface area contributed by atoms with Crippen molar-refractivity contribution < 1.29 is 14.3 Å². The van der Waals surface area contributed by atoms with Gasteiger partial charge in [-0.3, -0.25) is 14.5 Å². The van der Waals surface area contributed by atoms with E-state index in [9.17, 15) is 9.59 Å². The van der Waals surface area contributed by atoms with Crippen LogP contribution in [0.4, 0.5) is 5.69 Å². The van der Waals surface area contributed by atoms with Gasteiger partial charge in [-0.15, -0.1) is 11.3 Å². The van der Waals surface area contributed by atoms with Crippen molar-refractivity contribution in [3.05, 3.63) is 63.0 Å². The molecule has 1 aliphatic rings. The molecule has 0 radical (unpaired) electrons. The summed E-state index contributed by atoms with van der Waals surface area (Å²) in [7, 11) is 0. The highest BCUT2D eigenvalue weighted by Crippen LogP contribution is 2.37. The molecule has 3 aromatic rings. The third kappa shape index (κ3) is 5.19. The predicted octanol–water partition coefficient (Wildman–Crippen LogP) is 4.52. The van der Waals surface area contributed by atoms with Crippen LogP contribution >= 0.6 is 34.5 Å². The molecule has 2 heterocycles. The molecule has 2 aromatic carbocycles. The van der Waals surface area contributed by atoms with Crippen molar-refractivity contribution in [3.63, 3.8) is 0 Å². The number of nitrogens with one attached hydrogen (secondary N) is 2. The van der Waals surface area contributed by atoms with Gasteiger partial charge in [0.25, 0.3) is 11.8 Å². The Balaban J connectivity index is 1.45. The van der Waals surface area contributed by atoms with Crippen molar-refractivity contribution in [3.8, 4) is 0 Å². The molecule has 2 amide bonds. The lowest BCUT2D eigenvalue weighted by atomic mass is 10.1. The van der Waals surface area contributed by atoms with Crippen LogP contribution in [0, 0.1) is 0 Å². The van der Waals surface area contributed by atoms with Gasteiger partial charge in [0, 0.05) is 41.3 Å². The van der Waals surface area contributed by atoms with Gasteiger partial charge in [0.2, 0.25) is 0 Å². The van der Waals surface area contributed by atoms with Crippen molar-refractivity contribution in [2.75, 3.05) is 44.7 Å². The molecule has 2 N–H and O–H groups in total. The molecule has 0 atom stereocenters. The quantitative estimate of drug-likeness (QED) is 0.547. The van der Waals surface area contributed by atoms with Crippen LogP contribution in [0.25, 0.3) is 10.1 Å². The van der Waals surface area contributed by atoms with E-state index in [0.29, 0.717) is 32.7 Å². The topological polar surface area (TPSA) is 70.7 Å². The highest BCUT2D eigenvalue weighted by Gasteiger charge is 2.20. The first-order valence-corrected chi connectivity index (χ1v) is 11.5. The summed E-state index contributed by atoms with van der Waals surface area (Å²) in [5.74, 6) is -0.603. The molecule has 0 unspecified atom stereocenters. The Labute approximate surface area is 194 Å². The van der Waals surface area contributed by atoms with Gasteiger partial charge in [-0.2, -0.15) is 0 Å². The van der Waals surface area contributed by atoms with Gasteiger partial charge in [0.15, 0.2) is 0 Å². The summed E-state index contributed by atoms with van der Waals surface area (Å²) in [4.78, 5) is 28.3. The van der Waals surface area contributed by atoms with Gasteiger partial charge in [-0.05, 0) is 24.3 Å². The van der Waals surface area contributed by atoms with E-state index in [-0.39, 0.29) is 11.8 Å². The van der Waals surface area contributed by atoms with E-state index in [1.54, 1.807) is 42.5 Å². The molecular formula is C22H21Cl2N3O3S. The van der Waals surface area contributed by atoms with E-state index in [0.717, 1.165) is 42.9 Å². The maximum Gasteiger partial charge on any atom is 0.267 e. The maximum atomic E-state index is 12.9. The fourth-order valence-corrected chi connectivity index (χ4v) is 5.09. The van der Waals surface area contributed by atoms with Crippen LogP contribution in [0.15, 0.2) is 42.5 Å². The van der Waals surface area contributed by atoms with E-state index < -0.39 is 0 Å². The lowest BCUT2D eigenvalue weighted by Crippen LogP contribution is -2.41. The van der Waals surface area contributed by atoms with Crippen molar-refractivity contribution >= 4 is 62.1 Å². The third-order valence-corrected chi connectivity index (χ3v) is 6.93. The van der Waals surface area contributed by atoms with E-state index in [1.807, 2.05) is 0 Å². The highest BCUT2D eigenvalue weighted by molar-refractivity contribution is 7.21. The second kappa shape index (κ2) is 9.97. The Morgan fingerprint density at radius 2 is 1.84 bits per heavy atom. The molecule has 1 aromatic heterocycles. The lowest BCUT2D eigenvalue weighted by molar-refractivity contribution is 0.0383. The summed E-state index contributed by atoms with van der Waals surface area (Å²) in [6, 6.07) is 12.2. The summed E-state index contributed by atoms with van der Waals surface area (Å²) in [6.45, 7) is 4.44. The predicted molar refractivity (Wildman–Crippen MR) is 126 cm³/mol. The molecule has 0 saturated carbocycles. The van der Waals surface area contributed by atoms with Gasteiger partial charge >= 0.3 is 0 Å². The number of carbonyl (C=O) groups is 2. The zero-order valence-electron chi connectivity index (χ0n) is 16.6. The standard InChI is InChI=1S/C22H21Cl2N3O3S/c23-14-5-6-16-18(13-14)31-20(19(16)24)22(29)26-17-4-2-1-3-15(17)21(28)25-7-8-27-9-11-30-12-10-27/h1-6,13H,7-12H2,(H,25,28)(H,26,29). The first kappa shape index (κ1) is 22.0. The van der Waals surface area contributed by atoms with Crippen LogP contribution in [0.5, 0.6) is 0 Å². The number of nitrogens with zero attached hydrogens (tertiary/aromatic N) is 1. The minimum Gasteiger partial charge on any atom is -0.379 e. The lowest BCUT2D eigenvalue weighted by Gasteiger charge is -2.26. The van der Waals surface area contributed by atoms with Crippen LogP contribution in [-0.2, 0) is 4.74 Å². The van der Waals surface area contributed by atoms with Crippen molar-refractivity contribution in [2.24, 2.45) is 0 Å². The molecule has 6 nitrogen and oxygen atoms in total. The zero-order valence-corrected chi connectivity index (χ0v) is 18.9. The Morgan fingerprint density at radius 1 is 1.06 bits per heavy atom. The number of rotatable bonds is 6. The SMILES string of the molecule is O=C(NCCN1CCOCC1)c1ccccc1NC(=O)c1sc2cc(Cl)ccc2c1Cl. The molecule has 1 saturated heterocycles. The number of halogens is 2. The van der Waals surface area contributed by atoms with Crippen LogP contribution in [0.3, 0.4) is 0 Å². The molecular weight excluding hydrogens is 457 g/mol. The molecule has 162 valence electrons. The number of thiophene rings is 1. The fraction of sp³-hybridized carbons (Fsp3) is 0.273. The summed E-state index contributed by atoms with van der Waals surface area (Å²) >= 11 is 13.7. The molecule has 9 heteroatoms. The largest absolute Gasteiger partial charge is 0.379 e. The van der Waals surface area contributed by atoms with Gasteiger partial charge in [0.1, 0.15) is 4.88 Å². The Kier molecular flexibility index (Phi) is 7.09. The number of carbonyl (C=O) groups excluding carboxylic acids is 2. The Hall–Kier alpha value is -2.16. The number of hydrogen-bond donors (Lipinski definition) is 2. The molecule has 4 rings (SSSR count). The highest BCUT2D eigenvalue weighted by atomic mass is 35.5. The summed E-state index contributed by atoms with van der Waals surface area (Å²) in [6.07, 6.45) is 0. The van der Waals surface area contributed by atoms with Gasteiger partial charge < -0.3 is 15.4 Å². The van der Waals surface area contributed by atoms with Gasteiger partial charge in [-0.25, -0.2) is 0 Å². The first-order valence-electron chi connectivity index (χ1n) is 9.89. The minimum absolute atomic E-state index is 0.238. The van der Waals surface area contributed by atoms with Crippen molar-refractivity contribution in [2.45, 2.75) is 0 Å². The second-order valence-corrected chi connectivity index (χ2v) is 8.96. The van der Waals surface area contributed by atoms with E-state index in [1.165, 1.54) is 11.3 Å². The monoisotopic (exact) mass is 477 g/mol. The van der Waals surface area contributed by atoms with Gasteiger partial charge in [0.05, 0.1) is 29.5 Å². The molecule has 0 spiro atoms. The molecule has 0 bridgehead atoms. The maximum absolute atomic E-state index is 12.9. The number of hydrogen-bond acceptors (Lipinski definition) is 5. The zero-order chi connectivity index (χ0) is 21.8.